The largest absolute Gasteiger partial charge is 0.368 e. The van der Waals surface area contributed by atoms with Gasteiger partial charge in [-0.1, -0.05) is 17.7 Å². The van der Waals surface area contributed by atoms with E-state index in [-0.39, 0.29) is 11.6 Å². The second kappa shape index (κ2) is 8.77. The summed E-state index contributed by atoms with van der Waals surface area (Å²) in [5.41, 5.74) is 2.78. The second-order valence-electron chi connectivity index (χ2n) is 6.22. The first-order valence-corrected chi connectivity index (χ1v) is 8.80. The Morgan fingerprint density at radius 3 is 2.88 bits per heavy atom. The zero-order valence-corrected chi connectivity index (χ0v) is 14.5. The summed E-state index contributed by atoms with van der Waals surface area (Å²) in [6.07, 6.45) is 11.3. The van der Waals surface area contributed by atoms with Crippen LogP contribution in [-0.2, 0) is 0 Å². The first-order chi connectivity index (χ1) is 12.7. The molecule has 26 heavy (non-hydrogen) atoms. The Morgan fingerprint density at radius 1 is 1.23 bits per heavy atom. The zero-order valence-electron chi connectivity index (χ0n) is 14.5. The molecule has 1 aliphatic rings. The molecule has 0 fully saturated rings. The maximum absolute atomic E-state index is 12.2. The Kier molecular flexibility index (Phi) is 5.94. The van der Waals surface area contributed by atoms with Crippen molar-refractivity contribution in [1.82, 2.24) is 9.97 Å². The van der Waals surface area contributed by atoms with E-state index >= 15 is 0 Å². The summed E-state index contributed by atoms with van der Waals surface area (Å²) < 4.78 is 0. The van der Waals surface area contributed by atoms with E-state index in [1.165, 1.54) is 37.5 Å². The summed E-state index contributed by atoms with van der Waals surface area (Å²) in [7, 11) is 0. The first-order valence-electron chi connectivity index (χ1n) is 8.80. The van der Waals surface area contributed by atoms with E-state index in [0.29, 0.717) is 17.1 Å². The Hall–Kier alpha value is -3.20. The van der Waals surface area contributed by atoms with Gasteiger partial charge in [0.05, 0.1) is 24.0 Å². The molecule has 2 N–H and O–H groups in total. The van der Waals surface area contributed by atoms with Crippen LogP contribution in [0.3, 0.4) is 0 Å². The number of amides is 1. The van der Waals surface area contributed by atoms with Crippen molar-refractivity contribution in [3.8, 4) is 6.07 Å². The lowest BCUT2D eigenvalue weighted by Crippen LogP contribution is -2.15. The Balaban J connectivity index is 1.52. The molecule has 2 aromatic rings. The third-order valence-electron chi connectivity index (χ3n) is 4.27. The fourth-order valence-corrected chi connectivity index (χ4v) is 2.88. The quantitative estimate of drug-likeness (QED) is 0.773. The highest BCUT2D eigenvalue weighted by Crippen LogP contribution is 2.20. The number of hydrogen-bond acceptors (Lipinski definition) is 5. The maximum atomic E-state index is 12.2. The number of nitrogens with one attached hydrogen (secondary N) is 2. The summed E-state index contributed by atoms with van der Waals surface area (Å²) in [6, 6.07) is 8.77. The number of anilines is 2. The standard InChI is InChI=1S/C20H21N5O/c21-12-16-7-4-8-17(11-16)25-20(26)18-13-24-19(14-23-18)22-10-9-15-5-2-1-3-6-15/h4-5,7-8,11,13-14H,1-3,6,9-10H2,(H,22,24)(H,25,26). The number of nitriles is 1. The summed E-state index contributed by atoms with van der Waals surface area (Å²) in [6.45, 7) is 0.813. The Morgan fingerprint density at radius 2 is 2.15 bits per heavy atom. The number of allylic oxidation sites excluding steroid dienone is 1. The van der Waals surface area contributed by atoms with Crippen molar-refractivity contribution in [2.24, 2.45) is 0 Å². The average Bonchev–Trinajstić information content (AvgIpc) is 2.69. The Bertz CT molecular complexity index is 836. The van der Waals surface area contributed by atoms with Crippen LogP contribution in [0.15, 0.2) is 48.3 Å². The lowest BCUT2D eigenvalue weighted by molar-refractivity contribution is 0.102. The lowest BCUT2D eigenvalue weighted by Gasteiger charge is -2.13. The lowest BCUT2D eigenvalue weighted by atomic mass is 9.97. The van der Waals surface area contributed by atoms with Gasteiger partial charge in [-0.05, 0) is 50.3 Å². The van der Waals surface area contributed by atoms with Crippen molar-refractivity contribution >= 4 is 17.4 Å². The topological polar surface area (TPSA) is 90.7 Å². The van der Waals surface area contributed by atoms with Gasteiger partial charge >= 0.3 is 0 Å². The van der Waals surface area contributed by atoms with E-state index in [2.05, 4.69) is 26.7 Å². The van der Waals surface area contributed by atoms with E-state index < -0.39 is 0 Å². The van der Waals surface area contributed by atoms with E-state index in [1.54, 1.807) is 30.5 Å². The highest BCUT2D eigenvalue weighted by atomic mass is 16.1. The summed E-state index contributed by atoms with van der Waals surface area (Å²) >= 11 is 0. The van der Waals surface area contributed by atoms with Crippen LogP contribution < -0.4 is 10.6 Å². The molecule has 0 unspecified atom stereocenters. The van der Waals surface area contributed by atoms with Crippen LogP contribution in [0.25, 0.3) is 0 Å². The minimum Gasteiger partial charge on any atom is -0.368 e. The third-order valence-corrected chi connectivity index (χ3v) is 4.27. The molecule has 0 saturated carbocycles. The van der Waals surface area contributed by atoms with Crippen molar-refractivity contribution in [3.05, 3.63) is 59.6 Å². The van der Waals surface area contributed by atoms with Gasteiger partial charge in [0.2, 0.25) is 0 Å². The van der Waals surface area contributed by atoms with Crippen LogP contribution in [0.4, 0.5) is 11.5 Å². The number of carbonyl (C=O) groups is 1. The SMILES string of the molecule is N#Cc1cccc(NC(=O)c2cnc(NCCC3=CCCCC3)cn2)c1. The first kappa shape index (κ1) is 17.6. The van der Waals surface area contributed by atoms with E-state index in [9.17, 15) is 4.79 Å². The van der Waals surface area contributed by atoms with Crippen molar-refractivity contribution in [1.29, 1.82) is 5.26 Å². The molecule has 0 spiro atoms. The van der Waals surface area contributed by atoms with Gasteiger partial charge in [-0.25, -0.2) is 9.97 Å². The van der Waals surface area contributed by atoms with Crippen LogP contribution in [0.5, 0.6) is 0 Å². The van der Waals surface area contributed by atoms with Gasteiger partial charge in [0, 0.05) is 12.2 Å². The van der Waals surface area contributed by atoms with Gasteiger partial charge < -0.3 is 10.6 Å². The highest BCUT2D eigenvalue weighted by molar-refractivity contribution is 6.02. The molecule has 1 aliphatic carbocycles. The molecule has 0 aliphatic heterocycles. The van der Waals surface area contributed by atoms with Gasteiger partial charge in [0.1, 0.15) is 11.5 Å². The minimum atomic E-state index is -0.355. The molecule has 6 nitrogen and oxygen atoms in total. The van der Waals surface area contributed by atoms with E-state index in [4.69, 9.17) is 5.26 Å². The normalized spacial score (nSPS) is 13.4. The number of carbonyl (C=O) groups excluding carboxylic acids is 1. The molecule has 1 heterocycles. The smallest absolute Gasteiger partial charge is 0.275 e. The van der Waals surface area contributed by atoms with E-state index in [1.807, 2.05) is 6.07 Å². The van der Waals surface area contributed by atoms with Crippen molar-refractivity contribution < 1.29 is 4.79 Å². The van der Waals surface area contributed by atoms with Crippen LogP contribution >= 0.6 is 0 Å². The van der Waals surface area contributed by atoms with Crippen molar-refractivity contribution in [2.75, 3.05) is 17.2 Å². The van der Waals surface area contributed by atoms with Gasteiger partial charge in [0.25, 0.3) is 5.91 Å². The monoisotopic (exact) mass is 347 g/mol. The van der Waals surface area contributed by atoms with Crippen molar-refractivity contribution in [3.63, 3.8) is 0 Å². The van der Waals surface area contributed by atoms with Gasteiger partial charge in [0.15, 0.2) is 0 Å². The summed E-state index contributed by atoms with van der Waals surface area (Å²) in [4.78, 5) is 20.6. The van der Waals surface area contributed by atoms with Gasteiger partial charge in [-0.15, -0.1) is 0 Å². The van der Waals surface area contributed by atoms with Crippen LogP contribution in [-0.4, -0.2) is 22.4 Å². The molecular weight excluding hydrogens is 326 g/mol. The maximum Gasteiger partial charge on any atom is 0.275 e. The molecule has 6 heteroatoms. The Labute approximate surface area is 153 Å². The number of hydrogen-bond donors (Lipinski definition) is 2. The average molecular weight is 347 g/mol. The highest BCUT2D eigenvalue weighted by Gasteiger charge is 2.09. The molecule has 3 rings (SSSR count). The van der Waals surface area contributed by atoms with Crippen LogP contribution in [0.2, 0.25) is 0 Å². The minimum absolute atomic E-state index is 0.230. The number of nitrogens with zero attached hydrogens (tertiary/aromatic N) is 3. The van der Waals surface area contributed by atoms with Crippen LogP contribution in [0, 0.1) is 11.3 Å². The van der Waals surface area contributed by atoms with Crippen LogP contribution in [0.1, 0.15) is 48.2 Å². The molecule has 1 aromatic carbocycles. The predicted octanol–water partition coefficient (Wildman–Crippen LogP) is 3.90. The second-order valence-corrected chi connectivity index (χ2v) is 6.22. The summed E-state index contributed by atoms with van der Waals surface area (Å²) in [5, 5.41) is 14.9. The van der Waals surface area contributed by atoms with E-state index in [0.717, 1.165) is 13.0 Å². The number of rotatable bonds is 6. The third kappa shape index (κ3) is 4.90. The molecule has 1 aromatic heterocycles. The van der Waals surface area contributed by atoms with Gasteiger partial charge in [-0.2, -0.15) is 5.26 Å². The molecule has 132 valence electrons. The van der Waals surface area contributed by atoms with Crippen molar-refractivity contribution in [2.45, 2.75) is 32.1 Å². The number of benzene rings is 1. The molecule has 0 bridgehead atoms. The molecule has 0 radical (unpaired) electrons. The predicted molar refractivity (Wildman–Crippen MR) is 101 cm³/mol. The summed E-state index contributed by atoms with van der Waals surface area (Å²) in [5.74, 6) is 0.302. The van der Waals surface area contributed by atoms with Gasteiger partial charge in [-0.3, -0.25) is 4.79 Å². The molecular formula is C20H21N5O. The fourth-order valence-electron chi connectivity index (χ4n) is 2.88. The molecule has 1 amide bonds. The molecule has 0 saturated heterocycles. The number of aromatic nitrogens is 2. The zero-order chi connectivity index (χ0) is 18.2. The molecule has 0 atom stereocenters. The fraction of sp³-hybridized carbons (Fsp3) is 0.300.